The number of hydrogen-bond acceptors (Lipinski definition) is 5. The van der Waals surface area contributed by atoms with Crippen LogP contribution in [0.2, 0.25) is 0 Å². The fraction of sp³-hybridized carbons (Fsp3) is 0.500. The van der Waals surface area contributed by atoms with E-state index in [4.69, 9.17) is 0 Å². The lowest BCUT2D eigenvalue weighted by atomic mass is 10.2. The molecule has 21 heavy (non-hydrogen) atoms. The molecule has 1 fully saturated rings. The smallest absolute Gasteiger partial charge is 0.356 e. The molecular weight excluding hydrogens is 289 g/mol. The second-order valence-electron chi connectivity index (χ2n) is 4.90. The largest absolute Gasteiger partial charge is 0.435 e. The standard InChI is InChI=1S/C12H13F3N4O2/c1-6(2)19-10(20)5-7(11(19)21)16-9-4-3-8(17-18-9)12(13,14)15/h3-4,6-7H,5H2,1-2H3,(H,16,18)/t7-/m0/s1. The molecule has 9 heteroatoms. The van der Waals surface area contributed by atoms with Crippen LogP contribution in [0.4, 0.5) is 19.0 Å². The van der Waals surface area contributed by atoms with E-state index in [0.29, 0.717) is 0 Å². The van der Waals surface area contributed by atoms with Crippen LogP contribution in [0.25, 0.3) is 0 Å². The van der Waals surface area contributed by atoms with Crippen molar-refractivity contribution >= 4 is 17.6 Å². The third kappa shape index (κ3) is 3.11. The van der Waals surface area contributed by atoms with Crippen LogP contribution >= 0.6 is 0 Å². The van der Waals surface area contributed by atoms with Gasteiger partial charge in [0.25, 0.3) is 5.91 Å². The molecule has 1 atom stereocenters. The van der Waals surface area contributed by atoms with Crippen molar-refractivity contribution in [2.24, 2.45) is 0 Å². The number of aromatic nitrogens is 2. The minimum atomic E-state index is -4.57. The number of carbonyl (C=O) groups excluding carboxylic acids is 2. The van der Waals surface area contributed by atoms with E-state index >= 15 is 0 Å². The lowest BCUT2D eigenvalue weighted by Gasteiger charge is -2.19. The number of rotatable bonds is 3. The van der Waals surface area contributed by atoms with E-state index in [0.717, 1.165) is 17.0 Å². The summed E-state index contributed by atoms with van der Waals surface area (Å²) in [5.74, 6) is -0.733. The van der Waals surface area contributed by atoms with Gasteiger partial charge < -0.3 is 5.32 Å². The fourth-order valence-electron chi connectivity index (χ4n) is 2.05. The molecule has 6 nitrogen and oxygen atoms in total. The lowest BCUT2D eigenvalue weighted by molar-refractivity contribution is -0.142. The lowest BCUT2D eigenvalue weighted by Crippen LogP contribution is -2.39. The molecule has 0 radical (unpaired) electrons. The molecule has 1 N–H and O–H groups in total. The summed E-state index contributed by atoms with van der Waals surface area (Å²) in [5.41, 5.74) is -1.12. The normalized spacial score (nSPS) is 19.5. The minimum absolute atomic E-state index is 0.0137. The Morgan fingerprint density at radius 1 is 1.29 bits per heavy atom. The Morgan fingerprint density at radius 3 is 2.38 bits per heavy atom. The molecule has 0 spiro atoms. The molecule has 0 aromatic carbocycles. The zero-order chi connectivity index (χ0) is 15.8. The molecule has 1 aliphatic rings. The van der Waals surface area contributed by atoms with Gasteiger partial charge in [-0.3, -0.25) is 14.5 Å². The fourth-order valence-corrected chi connectivity index (χ4v) is 2.05. The number of amides is 2. The van der Waals surface area contributed by atoms with E-state index in [-0.39, 0.29) is 24.2 Å². The average Bonchev–Trinajstić information content (AvgIpc) is 2.64. The summed E-state index contributed by atoms with van der Waals surface area (Å²) < 4.78 is 37.0. The van der Waals surface area contributed by atoms with Gasteiger partial charge in [0.05, 0.1) is 6.42 Å². The van der Waals surface area contributed by atoms with Gasteiger partial charge in [-0.2, -0.15) is 13.2 Å². The number of nitrogens with one attached hydrogen (secondary N) is 1. The van der Waals surface area contributed by atoms with E-state index in [9.17, 15) is 22.8 Å². The molecule has 1 aromatic rings. The molecule has 1 aromatic heterocycles. The molecule has 1 saturated heterocycles. The molecule has 0 aliphatic carbocycles. The maximum absolute atomic E-state index is 12.3. The van der Waals surface area contributed by atoms with Crippen LogP contribution in [0.3, 0.4) is 0 Å². The monoisotopic (exact) mass is 302 g/mol. The SMILES string of the molecule is CC(C)N1C(=O)C[C@H](Nc2ccc(C(F)(F)F)nn2)C1=O. The predicted octanol–water partition coefficient (Wildman–Crippen LogP) is 1.44. The summed E-state index contributed by atoms with van der Waals surface area (Å²) in [5, 5.41) is 9.05. The Balaban J connectivity index is 2.09. The maximum atomic E-state index is 12.3. The molecule has 0 bridgehead atoms. The molecule has 114 valence electrons. The molecule has 0 saturated carbocycles. The molecule has 0 unspecified atom stereocenters. The van der Waals surface area contributed by atoms with Crippen molar-refractivity contribution < 1.29 is 22.8 Å². The highest BCUT2D eigenvalue weighted by Gasteiger charge is 2.40. The van der Waals surface area contributed by atoms with Crippen LogP contribution in [-0.4, -0.2) is 39.0 Å². The number of imide groups is 1. The summed E-state index contributed by atoms with van der Waals surface area (Å²) >= 11 is 0. The first-order chi connectivity index (χ1) is 9.70. The molecule has 2 rings (SSSR count). The number of alkyl halides is 3. The summed E-state index contributed by atoms with van der Waals surface area (Å²) in [6, 6.07) is 0.740. The second kappa shape index (κ2) is 5.30. The van der Waals surface area contributed by atoms with Gasteiger partial charge >= 0.3 is 6.18 Å². The summed E-state index contributed by atoms with van der Waals surface area (Å²) in [4.78, 5) is 24.8. The van der Waals surface area contributed by atoms with Gasteiger partial charge in [-0.25, -0.2) is 0 Å². The molecular formula is C12H13F3N4O2. The van der Waals surface area contributed by atoms with Crippen molar-refractivity contribution in [3.05, 3.63) is 17.8 Å². The van der Waals surface area contributed by atoms with Gasteiger partial charge in [0.1, 0.15) is 11.9 Å². The Kier molecular flexibility index (Phi) is 3.84. The van der Waals surface area contributed by atoms with Gasteiger partial charge in [0.15, 0.2) is 5.69 Å². The van der Waals surface area contributed by atoms with Crippen LogP contribution in [0.5, 0.6) is 0 Å². The van der Waals surface area contributed by atoms with Crippen molar-refractivity contribution in [2.75, 3.05) is 5.32 Å². The van der Waals surface area contributed by atoms with Gasteiger partial charge in [-0.15, -0.1) is 10.2 Å². The van der Waals surface area contributed by atoms with Gasteiger partial charge in [-0.05, 0) is 26.0 Å². The van der Waals surface area contributed by atoms with Crippen molar-refractivity contribution in [3.63, 3.8) is 0 Å². The van der Waals surface area contributed by atoms with Crippen molar-refractivity contribution in [3.8, 4) is 0 Å². The molecule has 1 aliphatic heterocycles. The Labute approximate surface area is 118 Å². The predicted molar refractivity (Wildman–Crippen MR) is 66.1 cm³/mol. The topological polar surface area (TPSA) is 75.2 Å². The number of halogens is 3. The number of carbonyl (C=O) groups is 2. The number of anilines is 1. The van der Waals surface area contributed by atoms with E-state index < -0.39 is 23.8 Å². The maximum Gasteiger partial charge on any atom is 0.435 e. The zero-order valence-electron chi connectivity index (χ0n) is 11.3. The van der Waals surface area contributed by atoms with Crippen LogP contribution in [-0.2, 0) is 15.8 Å². The molecule has 2 heterocycles. The first-order valence-corrected chi connectivity index (χ1v) is 6.23. The van der Waals surface area contributed by atoms with E-state index in [1.54, 1.807) is 13.8 Å². The van der Waals surface area contributed by atoms with E-state index in [2.05, 4.69) is 15.5 Å². The van der Waals surface area contributed by atoms with Crippen LogP contribution in [0, 0.1) is 0 Å². The first-order valence-electron chi connectivity index (χ1n) is 6.23. The Hall–Kier alpha value is -2.19. The summed E-state index contributed by atoms with van der Waals surface area (Å²) in [7, 11) is 0. The van der Waals surface area contributed by atoms with E-state index in [1.807, 2.05) is 0 Å². The quantitative estimate of drug-likeness (QED) is 0.855. The van der Waals surface area contributed by atoms with Crippen molar-refractivity contribution in [1.82, 2.24) is 15.1 Å². The van der Waals surface area contributed by atoms with Gasteiger partial charge in [-0.1, -0.05) is 0 Å². The van der Waals surface area contributed by atoms with Gasteiger partial charge in [0, 0.05) is 6.04 Å². The second-order valence-corrected chi connectivity index (χ2v) is 4.90. The highest BCUT2D eigenvalue weighted by atomic mass is 19.4. The minimum Gasteiger partial charge on any atom is -0.356 e. The first kappa shape index (κ1) is 15.2. The number of likely N-dealkylation sites (tertiary alicyclic amines) is 1. The summed E-state index contributed by atoms with van der Waals surface area (Å²) in [6.45, 7) is 3.41. The Bertz CT molecular complexity index is 557. The van der Waals surface area contributed by atoms with Crippen LogP contribution in [0.15, 0.2) is 12.1 Å². The van der Waals surface area contributed by atoms with E-state index in [1.165, 1.54) is 0 Å². The number of nitrogens with zero attached hydrogens (tertiary/aromatic N) is 3. The summed E-state index contributed by atoms with van der Waals surface area (Å²) in [6.07, 6.45) is -4.63. The van der Waals surface area contributed by atoms with Crippen LogP contribution < -0.4 is 5.32 Å². The Morgan fingerprint density at radius 2 is 1.95 bits per heavy atom. The average molecular weight is 302 g/mol. The van der Waals surface area contributed by atoms with Gasteiger partial charge in [0.2, 0.25) is 5.91 Å². The third-order valence-corrected chi connectivity index (χ3v) is 2.98. The highest BCUT2D eigenvalue weighted by molar-refractivity contribution is 6.07. The van der Waals surface area contributed by atoms with Crippen molar-refractivity contribution in [1.29, 1.82) is 0 Å². The third-order valence-electron chi connectivity index (χ3n) is 2.98. The van der Waals surface area contributed by atoms with Crippen molar-refractivity contribution in [2.45, 2.75) is 38.5 Å². The number of hydrogen-bond donors (Lipinski definition) is 1. The molecule has 2 amide bonds. The highest BCUT2D eigenvalue weighted by Crippen LogP contribution is 2.27. The zero-order valence-corrected chi connectivity index (χ0v) is 11.3. The van der Waals surface area contributed by atoms with Crippen LogP contribution in [0.1, 0.15) is 26.0 Å².